The molecule has 2 heteroatoms. The van der Waals surface area contributed by atoms with Crippen molar-refractivity contribution >= 4 is 21.9 Å². The summed E-state index contributed by atoms with van der Waals surface area (Å²) < 4.78 is 6.03. The minimum Gasteiger partial charge on any atom is -0.454 e. The van der Waals surface area contributed by atoms with Gasteiger partial charge >= 0.3 is 0 Å². The molecule has 2 aromatic heterocycles. The number of aromatic nitrogens is 1. The summed E-state index contributed by atoms with van der Waals surface area (Å²) in [6.07, 6.45) is 7.08. The quantitative estimate of drug-likeness (QED) is 0.616. The molecule has 90 valence electrons. The highest BCUT2D eigenvalue weighted by Gasteiger charge is 2.22. The van der Waals surface area contributed by atoms with Crippen molar-refractivity contribution in [1.29, 1.82) is 0 Å². The van der Waals surface area contributed by atoms with Gasteiger partial charge in [0.1, 0.15) is 5.58 Å². The molecule has 1 aromatic carbocycles. The summed E-state index contributed by atoms with van der Waals surface area (Å²) in [4.78, 5) is 4.59. The molecule has 0 spiro atoms. The molecule has 1 fully saturated rings. The van der Waals surface area contributed by atoms with Crippen LogP contribution in [0.5, 0.6) is 0 Å². The summed E-state index contributed by atoms with van der Waals surface area (Å²) in [7, 11) is 0. The maximum atomic E-state index is 6.03. The van der Waals surface area contributed by atoms with Gasteiger partial charge < -0.3 is 4.42 Å². The van der Waals surface area contributed by atoms with Gasteiger partial charge in [-0.3, -0.25) is 4.98 Å². The third kappa shape index (κ3) is 1.38. The van der Waals surface area contributed by atoms with Gasteiger partial charge in [0.2, 0.25) is 0 Å². The van der Waals surface area contributed by atoms with E-state index in [1.165, 1.54) is 42.1 Å². The Balaban J connectivity index is 2.03. The molecule has 0 atom stereocenters. The zero-order chi connectivity index (χ0) is 11.9. The monoisotopic (exact) mass is 237 g/mol. The summed E-state index contributed by atoms with van der Waals surface area (Å²) in [6.45, 7) is 0. The Kier molecular flexibility index (Phi) is 2.16. The van der Waals surface area contributed by atoms with Gasteiger partial charge in [-0.15, -0.1) is 0 Å². The number of hydrogen-bond acceptors (Lipinski definition) is 2. The third-order valence-corrected chi connectivity index (χ3v) is 4.06. The van der Waals surface area contributed by atoms with E-state index in [1.807, 2.05) is 18.3 Å². The van der Waals surface area contributed by atoms with Crippen LogP contribution in [-0.2, 0) is 0 Å². The molecule has 0 N–H and O–H groups in total. The normalized spacial score (nSPS) is 16.9. The number of benzene rings is 1. The summed E-state index contributed by atoms with van der Waals surface area (Å²) in [5.74, 6) is 0.592. The van der Waals surface area contributed by atoms with Crippen LogP contribution in [0, 0.1) is 0 Å². The molecule has 2 heterocycles. The summed E-state index contributed by atoms with van der Waals surface area (Å²) in [5.41, 5.74) is 3.14. The van der Waals surface area contributed by atoms with E-state index < -0.39 is 0 Å². The number of para-hydroxylation sites is 1. The van der Waals surface area contributed by atoms with Gasteiger partial charge in [-0.2, -0.15) is 0 Å². The van der Waals surface area contributed by atoms with Gasteiger partial charge in [0.25, 0.3) is 0 Å². The molecule has 2 nitrogen and oxygen atoms in total. The molecule has 0 unspecified atom stereocenters. The standard InChI is InChI=1S/C16H15NO/c1-2-6-11(5-1)15-16-13(9-10-17-15)12-7-3-4-8-14(12)18-16/h3-4,7-11H,1-2,5-6H2. The maximum absolute atomic E-state index is 6.03. The Hall–Kier alpha value is -1.83. The Morgan fingerprint density at radius 2 is 1.83 bits per heavy atom. The summed E-state index contributed by atoms with van der Waals surface area (Å²) in [5, 5.41) is 2.41. The van der Waals surface area contributed by atoms with E-state index in [0.29, 0.717) is 5.92 Å². The van der Waals surface area contributed by atoms with Gasteiger partial charge in [-0.05, 0) is 25.0 Å². The van der Waals surface area contributed by atoms with Crippen LogP contribution in [-0.4, -0.2) is 4.98 Å². The summed E-state index contributed by atoms with van der Waals surface area (Å²) >= 11 is 0. The van der Waals surface area contributed by atoms with Crippen molar-refractivity contribution < 1.29 is 4.42 Å². The third-order valence-electron chi connectivity index (χ3n) is 4.06. The van der Waals surface area contributed by atoms with Crippen LogP contribution in [0.4, 0.5) is 0 Å². The van der Waals surface area contributed by atoms with Crippen molar-refractivity contribution in [1.82, 2.24) is 4.98 Å². The van der Waals surface area contributed by atoms with Gasteiger partial charge in [-0.25, -0.2) is 0 Å². The predicted molar refractivity (Wildman–Crippen MR) is 72.7 cm³/mol. The highest BCUT2D eigenvalue weighted by Crippen LogP contribution is 2.39. The first-order chi connectivity index (χ1) is 8.93. The number of rotatable bonds is 1. The lowest BCUT2D eigenvalue weighted by molar-refractivity contribution is 0.631. The lowest BCUT2D eigenvalue weighted by atomic mass is 10.0. The van der Waals surface area contributed by atoms with Crippen molar-refractivity contribution in [2.75, 3.05) is 0 Å². The number of hydrogen-bond donors (Lipinski definition) is 0. The number of nitrogens with zero attached hydrogens (tertiary/aromatic N) is 1. The lowest BCUT2D eigenvalue weighted by Crippen LogP contribution is -1.95. The van der Waals surface area contributed by atoms with Crippen LogP contribution in [0.15, 0.2) is 40.9 Å². The van der Waals surface area contributed by atoms with Crippen molar-refractivity contribution in [3.8, 4) is 0 Å². The van der Waals surface area contributed by atoms with Crippen LogP contribution in [0.3, 0.4) is 0 Å². The van der Waals surface area contributed by atoms with E-state index >= 15 is 0 Å². The van der Waals surface area contributed by atoms with Crippen molar-refractivity contribution in [2.24, 2.45) is 0 Å². The average molecular weight is 237 g/mol. The highest BCUT2D eigenvalue weighted by molar-refractivity contribution is 6.05. The van der Waals surface area contributed by atoms with Crippen LogP contribution < -0.4 is 0 Å². The fourth-order valence-electron chi connectivity index (χ4n) is 3.16. The zero-order valence-corrected chi connectivity index (χ0v) is 10.2. The van der Waals surface area contributed by atoms with Gasteiger partial charge in [0.05, 0.1) is 5.69 Å². The second kappa shape index (κ2) is 3.84. The van der Waals surface area contributed by atoms with Crippen molar-refractivity contribution in [3.63, 3.8) is 0 Å². The van der Waals surface area contributed by atoms with Crippen LogP contribution in [0.25, 0.3) is 21.9 Å². The Morgan fingerprint density at radius 1 is 1.00 bits per heavy atom. The Morgan fingerprint density at radius 3 is 2.72 bits per heavy atom. The fourth-order valence-corrected chi connectivity index (χ4v) is 3.16. The van der Waals surface area contributed by atoms with Gasteiger partial charge in [-0.1, -0.05) is 31.0 Å². The van der Waals surface area contributed by atoms with Crippen LogP contribution in [0.2, 0.25) is 0 Å². The fraction of sp³-hybridized carbons (Fsp3) is 0.312. The first-order valence-electron chi connectivity index (χ1n) is 6.69. The number of fused-ring (bicyclic) bond motifs is 3. The van der Waals surface area contributed by atoms with Crippen LogP contribution in [0.1, 0.15) is 37.3 Å². The molecule has 18 heavy (non-hydrogen) atoms. The topological polar surface area (TPSA) is 26.0 Å². The molecule has 1 aliphatic carbocycles. The van der Waals surface area contributed by atoms with Crippen LogP contribution >= 0.6 is 0 Å². The van der Waals surface area contributed by atoms with Crippen molar-refractivity contribution in [2.45, 2.75) is 31.6 Å². The molecule has 0 amide bonds. The van der Waals surface area contributed by atoms with E-state index in [2.05, 4.69) is 23.2 Å². The van der Waals surface area contributed by atoms with Crippen molar-refractivity contribution in [3.05, 3.63) is 42.2 Å². The lowest BCUT2D eigenvalue weighted by Gasteiger charge is -2.07. The average Bonchev–Trinajstić information content (AvgIpc) is 3.05. The Labute approximate surface area is 106 Å². The minimum absolute atomic E-state index is 0.592. The molecule has 0 bridgehead atoms. The van der Waals surface area contributed by atoms with E-state index in [-0.39, 0.29) is 0 Å². The highest BCUT2D eigenvalue weighted by atomic mass is 16.3. The molecular weight excluding hydrogens is 222 g/mol. The number of furan rings is 1. The molecule has 1 aliphatic rings. The molecule has 0 saturated heterocycles. The van der Waals surface area contributed by atoms with E-state index in [9.17, 15) is 0 Å². The smallest absolute Gasteiger partial charge is 0.157 e. The number of pyridine rings is 1. The molecule has 0 aliphatic heterocycles. The largest absolute Gasteiger partial charge is 0.454 e. The molecule has 4 rings (SSSR count). The molecule has 1 saturated carbocycles. The maximum Gasteiger partial charge on any atom is 0.157 e. The second-order valence-corrected chi connectivity index (χ2v) is 5.15. The minimum atomic E-state index is 0.592. The molecule has 0 radical (unpaired) electrons. The zero-order valence-electron chi connectivity index (χ0n) is 10.2. The molecular formula is C16H15NO. The Bertz CT molecular complexity index is 707. The second-order valence-electron chi connectivity index (χ2n) is 5.15. The van der Waals surface area contributed by atoms with Gasteiger partial charge in [0.15, 0.2) is 5.58 Å². The predicted octanol–water partition coefficient (Wildman–Crippen LogP) is 4.64. The van der Waals surface area contributed by atoms with Gasteiger partial charge in [0, 0.05) is 22.9 Å². The van der Waals surface area contributed by atoms with E-state index in [0.717, 1.165) is 11.2 Å². The molecule has 3 aromatic rings. The SMILES string of the molecule is c1ccc2c(c1)oc1c(C3CCCC3)nccc12. The van der Waals surface area contributed by atoms with E-state index in [1.54, 1.807) is 0 Å². The first-order valence-corrected chi connectivity index (χ1v) is 6.69. The van der Waals surface area contributed by atoms with E-state index in [4.69, 9.17) is 4.42 Å². The summed E-state index contributed by atoms with van der Waals surface area (Å²) in [6, 6.07) is 10.3. The first kappa shape index (κ1) is 10.1.